The number of fused-ring (bicyclic) bond motifs is 1. The highest BCUT2D eigenvalue weighted by Gasteiger charge is 2.15. The van der Waals surface area contributed by atoms with Gasteiger partial charge < -0.3 is 16.0 Å². The quantitative estimate of drug-likeness (QED) is 0.711. The number of amides is 1. The van der Waals surface area contributed by atoms with Crippen molar-refractivity contribution >= 4 is 27.6 Å². The molecule has 5 nitrogen and oxygen atoms in total. The minimum atomic E-state index is -0.867. The molecule has 0 saturated carbocycles. The van der Waals surface area contributed by atoms with Gasteiger partial charge in [-0.05, 0) is 18.1 Å². The average Bonchev–Trinajstić information content (AvgIpc) is 2.90. The molecule has 0 radical (unpaired) electrons. The van der Waals surface area contributed by atoms with Gasteiger partial charge in [-0.3, -0.25) is 9.00 Å². The summed E-state index contributed by atoms with van der Waals surface area (Å²) in [6, 6.07) is 7.33. The van der Waals surface area contributed by atoms with Gasteiger partial charge in [-0.15, -0.1) is 0 Å². The normalized spacial score (nSPS) is 14.0. The van der Waals surface area contributed by atoms with E-state index in [4.69, 9.17) is 5.73 Å². The van der Waals surface area contributed by atoms with E-state index >= 15 is 0 Å². The van der Waals surface area contributed by atoms with Gasteiger partial charge in [0.05, 0.1) is 6.04 Å². The summed E-state index contributed by atoms with van der Waals surface area (Å²) in [5.41, 5.74) is 8.02. The van der Waals surface area contributed by atoms with Crippen LogP contribution in [0.25, 0.3) is 10.9 Å². The fourth-order valence-corrected chi connectivity index (χ4v) is 2.81. The summed E-state index contributed by atoms with van der Waals surface area (Å²) in [6.07, 6.45) is 2.37. The van der Waals surface area contributed by atoms with Crippen molar-refractivity contribution in [3.05, 3.63) is 36.0 Å². The monoisotopic (exact) mass is 307 g/mol. The lowest BCUT2D eigenvalue weighted by atomic mass is 10.1. The Morgan fingerprint density at radius 2 is 2.19 bits per heavy atom. The minimum absolute atomic E-state index is 0.201. The lowest BCUT2D eigenvalue weighted by Crippen LogP contribution is -2.43. The van der Waals surface area contributed by atoms with E-state index in [1.54, 1.807) is 0 Å². The molecule has 2 aromatic rings. The molecule has 114 valence electrons. The maximum Gasteiger partial charge on any atom is 0.237 e. The Balaban J connectivity index is 1.90. The molecule has 1 heterocycles. The smallest absolute Gasteiger partial charge is 0.237 e. The number of aromatic nitrogens is 1. The van der Waals surface area contributed by atoms with Crippen molar-refractivity contribution in [3.63, 3.8) is 0 Å². The van der Waals surface area contributed by atoms with E-state index in [-0.39, 0.29) is 5.91 Å². The third-order valence-corrected chi connectivity index (χ3v) is 4.71. The lowest BCUT2D eigenvalue weighted by Gasteiger charge is -2.11. The molecule has 2 rings (SSSR count). The third-order valence-electron chi connectivity index (χ3n) is 3.40. The fourth-order valence-electron chi connectivity index (χ4n) is 2.19. The number of rotatable bonds is 7. The minimum Gasteiger partial charge on any atom is -0.361 e. The van der Waals surface area contributed by atoms with E-state index in [9.17, 15) is 9.00 Å². The Kier molecular flexibility index (Phi) is 5.52. The highest BCUT2D eigenvalue weighted by molar-refractivity contribution is 7.84. The van der Waals surface area contributed by atoms with Crippen molar-refractivity contribution in [2.24, 2.45) is 5.73 Å². The number of hydrogen-bond acceptors (Lipinski definition) is 3. The summed E-state index contributed by atoms with van der Waals surface area (Å²) in [7, 11) is -0.867. The first kappa shape index (κ1) is 15.7. The summed E-state index contributed by atoms with van der Waals surface area (Å²) >= 11 is 0. The summed E-state index contributed by atoms with van der Waals surface area (Å²) in [6.45, 7) is 2.27. The van der Waals surface area contributed by atoms with Crippen LogP contribution in [0.1, 0.15) is 12.5 Å². The Labute approximate surface area is 126 Å². The molecule has 21 heavy (non-hydrogen) atoms. The summed E-state index contributed by atoms with van der Waals surface area (Å²) in [4.78, 5) is 15.1. The lowest BCUT2D eigenvalue weighted by molar-refractivity contribution is -0.122. The molecule has 4 N–H and O–H groups in total. The van der Waals surface area contributed by atoms with Gasteiger partial charge in [-0.2, -0.15) is 0 Å². The summed E-state index contributed by atoms with van der Waals surface area (Å²) in [5, 5.41) is 3.83. The molecule has 0 aliphatic rings. The van der Waals surface area contributed by atoms with Gasteiger partial charge in [-0.1, -0.05) is 25.1 Å². The van der Waals surface area contributed by atoms with Crippen LogP contribution < -0.4 is 11.1 Å². The largest absolute Gasteiger partial charge is 0.361 e. The Hall–Kier alpha value is -1.66. The zero-order chi connectivity index (χ0) is 15.2. The van der Waals surface area contributed by atoms with Crippen LogP contribution in [-0.2, 0) is 22.0 Å². The van der Waals surface area contributed by atoms with Gasteiger partial charge >= 0.3 is 0 Å². The van der Waals surface area contributed by atoms with Crippen LogP contribution in [0.2, 0.25) is 0 Å². The second kappa shape index (κ2) is 7.38. The topological polar surface area (TPSA) is 88.0 Å². The number of nitrogens with one attached hydrogen (secondary N) is 2. The van der Waals surface area contributed by atoms with Crippen molar-refractivity contribution < 1.29 is 9.00 Å². The van der Waals surface area contributed by atoms with E-state index < -0.39 is 16.8 Å². The van der Waals surface area contributed by atoms with E-state index in [0.29, 0.717) is 24.5 Å². The Bertz CT molecular complexity index is 639. The van der Waals surface area contributed by atoms with Crippen LogP contribution in [0.3, 0.4) is 0 Å². The van der Waals surface area contributed by atoms with Gasteiger partial charge in [0.1, 0.15) is 0 Å². The maximum absolute atomic E-state index is 11.9. The van der Waals surface area contributed by atoms with Crippen molar-refractivity contribution in [2.75, 3.05) is 18.1 Å². The maximum atomic E-state index is 11.9. The molecule has 2 atom stereocenters. The number of para-hydroxylation sites is 1. The van der Waals surface area contributed by atoms with Crippen LogP contribution in [0.4, 0.5) is 0 Å². The predicted molar refractivity (Wildman–Crippen MR) is 86.5 cm³/mol. The Morgan fingerprint density at radius 3 is 2.95 bits per heavy atom. The van der Waals surface area contributed by atoms with Gasteiger partial charge in [-0.25, -0.2) is 0 Å². The standard InChI is InChI=1S/C15H21N3O2S/c1-2-21(20)8-7-17-15(19)13(16)9-11-10-18-14-6-4-3-5-12(11)14/h3-6,10,13,18H,2,7-9,16H2,1H3,(H,17,19)/t13-,21?/m0/s1. The molecule has 6 heteroatoms. The van der Waals surface area contributed by atoms with Gasteiger partial charge in [0.15, 0.2) is 0 Å². The third kappa shape index (κ3) is 4.15. The number of aromatic amines is 1. The van der Waals surface area contributed by atoms with Crippen molar-refractivity contribution in [3.8, 4) is 0 Å². The SMILES string of the molecule is CCS(=O)CCNC(=O)[C@@H](N)Cc1c[nH]c2ccccc12. The van der Waals surface area contributed by atoms with E-state index in [1.807, 2.05) is 37.4 Å². The Morgan fingerprint density at radius 1 is 1.43 bits per heavy atom. The van der Waals surface area contributed by atoms with Crippen LogP contribution in [-0.4, -0.2) is 39.2 Å². The molecule has 0 aliphatic carbocycles. The first-order valence-electron chi connectivity index (χ1n) is 7.05. The van der Waals surface area contributed by atoms with Crippen LogP contribution in [0.5, 0.6) is 0 Å². The number of hydrogen-bond donors (Lipinski definition) is 3. The number of carbonyl (C=O) groups excluding carboxylic acids is 1. The number of H-pyrrole nitrogens is 1. The molecule has 0 fully saturated rings. The van der Waals surface area contributed by atoms with Crippen molar-refractivity contribution in [1.29, 1.82) is 0 Å². The van der Waals surface area contributed by atoms with Crippen LogP contribution in [0.15, 0.2) is 30.5 Å². The first-order valence-corrected chi connectivity index (χ1v) is 8.54. The molecular weight excluding hydrogens is 286 g/mol. The highest BCUT2D eigenvalue weighted by Crippen LogP contribution is 2.18. The number of benzene rings is 1. The zero-order valence-corrected chi connectivity index (χ0v) is 12.9. The second-order valence-electron chi connectivity index (χ2n) is 4.89. The van der Waals surface area contributed by atoms with Crippen molar-refractivity contribution in [1.82, 2.24) is 10.3 Å². The first-order chi connectivity index (χ1) is 10.1. The summed E-state index contributed by atoms with van der Waals surface area (Å²) < 4.78 is 11.3. The molecular formula is C15H21N3O2S. The molecule has 0 aliphatic heterocycles. The molecule has 0 spiro atoms. The highest BCUT2D eigenvalue weighted by atomic mass is 32.2. The molecule has 0 bridgehead atoms. The van der Waals surface area contributed by atoms with E-state index in [2.05, 4.69) is 10.3 Å². The molecule has 0 saturated heterocycles. The second-order valence-corrected chi connectivity index (χ2v) is 6.76. The number of carbonyl (C=O) groups is 1. The molecule has 1 unspecified atom stereocenters. The van der Waals surface area contributed by atoms with Crippen molar-refractivity contribution in [2.45, 2.75) is 19.4 Å². The van der Waals surface area contributed by atoms with Crippen LogP contribution >= 0.6 is 0 Å². The van der Waals surface area contributed by atoms with Crippen LogP contribution in [0, 0.1) is 0 Å². The summed E-state index contributed by atoms with van der Waals surface area (Å²) in [5.74, 6) is 0.882. The molecule has 1 aromatic heterocycles. The molecule has 1 aromatic carbocycles. The predicted octanol–water partition coefficient (Wildman–Crippen LogP) is 0.923. The molecule has 1 amide bonds. The van der Waals surface area contributed by atoms with Gasteiger partial charge in [0.25, 0.3) is 0 Å². The zero-order valence-electron chi connectivity index (χ0n) is 12.1. The van der Waals surface area contributed by atoms with E-state index in [1.165, 1.54) is 0 Å². The average molecular weight is 307 g/mol. The fraction of sp³-hybridized carbons (Fsp3) is 0.400. The van der Waals surface area contributed by atoms with Gasteiger partial charge in [0, 0.05) is 45.9 Å². The van der Waals surface area contributed by atoms with E-state index in [0.717, 1.165) is 16.5 Å². The number of nitrogens with two attached hydrogens (primary N) is 1. The van der Waals surface area contributed by atoms with Gasteiger partial charge in [0.2, 0.25) is 5.91 Å².